The van der Waals surface area contributed by atoms with Crippen molar-refractivity contribution in [2.45, 2.75) is 39.7 Å². The van der Waals surface area contributed by atoms with Crippen LogP contribution in [0.1, 0.15) is 33.4 Å². The Bertz CT molecular complexity index is 636. The van der Waals surface area contributed by atoms with Crippen LogP contribution in [0.15, 0.2) is 30.3 Å². The number of aryl methyl sites for hydroxylation is 1. The Morgan fingerprint density at radius 2 is 1.91 bits per heavy atom. The zero-order chi connectivity index (χ0) is 16.8. The molecule has 1 amide bonds. The Morgan fingerprint density at radius 3 is 2.41 bits per heavy atom. The molecular formula is C17H23BN2O2. The van der Waals surface area contributed by atoms with Gasteiger partial charge in [-0.15, -0.1) is 0 Å². The maximum atomic E-state index is 10.5. The SMILES string of the molecule is CNC(=O)OC(C)(C)C.[B]c1ccc2ccc(CC)nc2c1. The summed E-state index contributed by atoms with van der Waals surface area (Å²) in [4.78, 5) is 15.0. The van der Waals surface area contributed by atoms with Gasteiger partial charge in [-0.2, -0.15) is 0 Å². The van der Waals surface area contributed by atoms with Crippen LogP contribution in [0.3, 0.4) is 0 Å². The summed E-state index contributed by atoms with van der Waals surface area (Å²) in [6.45, 7) is 7.56. The number of alkyl carbamates (subject to hydrolysis) is 1. The minimum Gasteiger partial charge on any atom is -0.444 e. The van der Waals surface area contributed by atoms with Gasteiger partial charge in [-0.25, -0.2) is 4.79 Å². The summed E-state index contributed by atoms with van der Waals surface area (Å²) in [5.74, 6) is 0. The molecule has 2 radical (unpaired) electrons. The van der Waals surface area contributed by atoms with Gasteiger partial charge in [0.15, 0.2) is 0 Å². The first-order valence-electron chi connectivity index (χ1n) is 7.31. The summed E-state index contributed by atoms with van der Waals surface area (Å²) in [5.41, 5.74) is 2.48. The zero-order valence-electron chi connectivity index (χ0n) is 13.9. The van der Waals surface area contributed by atoms with Crippen LogP contribution >= 0.6 is 0 Å². The first-order valence-corrected chi connectivity index (χ1v) is 7.31. The van der Waals surface area contributed by atoms with Gasteiger partial charge in [-0.05, 0) is 39.3 Å². The molecule has 22 heavy (non-hydrogen) atoms. The van der Waals surface area contributed by atoms with E-state index in [1.54, 1.807) is 0 Å². The lowest BCUT2D eigenvalue weighted by atomic mass is 9.95. The molecule has 0 bridgehead atoms. The highest BCUT2D eigenvalue weighted by Gasteiger charge is 2.13. The predicted octanol–water partition coefficient (Wildman–Crippen LogP) is 2.73. The molecule has 1 aromatic carbocycles. The maximum Gasteiger partial charge on any atom is 0.407 e. The minimum absolute atomic E-state index is 0.387. The summed E-state index contributed by atoms with van der Waals surface area (Å²) in [6.07, 6.45) is 0.576. The number of ether oxygens (including phenoxy) is 1. The van der Waals surface area contributed by atoms with Crippen molar-refractivity contribution in [2.24, 2.45) is 0 Å². The van der Waals surface area contributed by atoms with Crippen molar-refractivity contribution in [3.63, 3.8) is 0 Å². The van der Waals surface area contributed by atoms with E-state index in [-0.39, 0.29) is 11.7 Å². The van der Waals surface area contributed by atoms with Gasteiger partial charge in [0.05, 0.1) is 5.52 Å². The number of benzene rings is 1. The number of rotatable bonds is 1. The Morgan fingerprint density at radius 1 is 1.27 bits per heavy atom. The number of hydrogen-bond acceptors (Lipinski definition) is 3. The lowest BCUT2D eigenvalue weighted by molar-refractivity contribution is 0.0541. The standard InChI is InChI=1S/C11H10BN.C6H13NO2/c1-2-10-6-4-8-3-5-9(12)7-11(8)13-10;1-6(2,3)9-5(8)7-4/h3-7H,2H2,1H3;1-4H3,(H,7,8). The second-order valence-corrected chi connectivity index (χ2v) is 5.86. The maximum absolute atomic E-state index is 10.5. The van der Waals surface area contributed by atoms with Gasteiger partial charge in [0, 0.05) is 18.1 Å². The fraction of sp³-hybridized carbons (Fsp3) is 0.412. The summed E-state index contributed by atoms with van der Waals surface area (Å²) >= 11 is 0. The van der Waals surface area contributed by atoms with E-state index >= 15 is 0 Å². The molecule has 116 valence electrons. The molecule has 2 rings (SSSR count). The first kappa shape index (κ1) is 18.0. The predicted molar refractivity (Wildman–Crippen MR) is 91.8 cm³/mol. The Hall–Kier alpha value is -2.04. The fourth-order valence-corrected chi connectivity index (χ4v) is 1.70. The van der Waals surface area contributed by atoms with E-state index in [1.807, 2.05) is 39.0 Å². The molecule has 1 aromatic heterocycles. The van der Waals surface area contributed by atoms with Crippen molar-refractivity contribution < 1.29 is 9.53 Å². The fourth-order valence-electron chi connectivity index (χ4n) is 1.70. The molecule has 0 aliphatic heterocycles. The molecule has 0 aliphatic carbocycles. The third kappa shape index (κ3) is 6.16. The molecule has 1 heterocycles. The summed E-state index contributed by atoms with van der Waals surface area (Å²) in [6, 6.07) is 9.94. The molecule has 0 atom stereocenters. The molecule has 0 aliphatic rings. The Kier molecular flexibility index (Phi) is 6.41. The van der Waals surface area contributed by atoms with Crippen LogP contribution in [0.5, 0.6) is 0 Å². The zero-order valence-corrected chi connectivity index (χ0v) is 13.9. The van der Waals surface area contributed by atoms with Gasteiger partial charge in [0.25, 0.3) is 0 Å². The second kappa shape index (κ2) is 7.83. The quantitative estimate of drug-likeness (QED) is 0.824. The van der Waals surface area contributed by atoms with Crippen LogP contribution < -0.4 is 10.8 Å². The number of pyridine rings is 1. The molecule has 0 fully saturated rings. The lowest BCUT2D eigenvalue weighted by Crippen LogP contribution is -2.30. The molecule has 0 spiro atoms. The highest BCUT2D eigenvalue weighted by molar-refractivity contribution is 6.33. The van der Waals surface area contributed by atoms with E-state index in [2.05, 4.69) is 29.4 Å². The molecule has 0 unspecified atom stereocenters. The number of carbonyl (C=O) groups is 1. The molecule has 2 aromatic rings. The highest BCUT2D eigenvalue weighted by Crippen LogP contribution is 2.10. The van der Waals surface area contributed by atoms with Gasteiger partial charge < -0.3 is 10.1 Å². The smallest absolute Gasteiger partial charge is 0.407 e. The number of amides is 1. The van der Waals surface area contributed by atoms with Crippen LogP contribution in [0.2, 0.25) is 0 Å². The van der Waals surface area contributed by atoms with Gasteiger partial charge in [-0.3, -0.25) is 4.98 Å². The molecule has 4 nitrogen and oxygen atoms in total. The molecular weight excluding hydrogens is 275 g/mol. The number of nitrogens with one attached hydrogen (secondary N) is 1. The average Bonchev–Trinajstić information content (AvgIpc) is 2.45. The van der Waals surface area contributed by atoms with Crippen LogP contribution in [0, 0.1) is 0 Å². The Balaban J connectivity index is 0.000000239. The minimum atomic E-state index is -0.389. The van der Waals surface area contributed by atoms with Gasteiger partial charge in [0.1, 0.15) is 13.4 Å². The van der Waals surface area contributed by atoms with E-state index in [0.29, 0.717) is 0 Å². The number of aromatic nitrogens is 1. The first-order chi connectivity index (χ1) is 10.2. The summed E-state index contributed by atoms with van der Waals surface area (Å²) in [5, 5.41) is 3.51. The van der Waals surface area contributed by atoms with E-state index in [1.165, 1.54) is 7.05 Å². The van der Waals surface area contributed by atoms with Crippen LogP contribution in [-0.2, 0) is 11.2 Å². The van der Waals surface area contributed by atoms with Gasteiger partial charge >= 0.3 is 6.09 Å². The molecule has 0 saturated heterocycles. The monoisotopic (exact) mass is 298 g/mol. The van der Waals surface area contributed by atoms with E-state index in [0.717, 1.165) is 28.5 Å². The largest absolute Gasteiger partial charge is 0.444 e. The number of fused-ring (bicyclic) bond motifs is 1. The number of hydrogen-bond donors (Lipinski definition) is 1. The molecule has 5 heteroatoms. The topological polar surface area (TPSA) is 51.2 Å². The highest BCUT2D eigenvalue weighted by atomic mass is 16.6. The second-order valence-electron chi connectivity index (χ2n) is 5.86. The van der Waals surface area contributed by atoms with E-state index in [4.69, 9.17) is 12.6 Å². The van der Waals surface area contributed by atoms with Crippen molar-refractivity contribution >= 4 is 30.3 Å². The average molecular weight is 298 g/mol. The Labute approximate surface area is 133 Å². The normalized spacial score (nSPS) is 10.6. The number of carbonyl (C=O) groups excluding carboxylic acids is 1. The van der Waals surface area contributed by atoms with Gasteiger partial charge in [0.2, 0.25) is 0 Å². The molecule has 0 saturated carbocycles. The van der Waals surface area contributed by atoms with Crippen LogP contribution in [-0.4, -0.2) is 31.6 Å². The van der Waals surface area contributed by atoms with Crippen LogP contribution in [0.25, 0.3) is 10.9 Å². The third-order valence-electron chi connectivity index (χ3n) is 2.74. The van der Waals surface area contributed by atoms with Crippen molar-refractivity contribution in [1.29, 1.82) is 0 Å². The van der Waals surface area contributed by atoms with Crippen LogP contribution in [0.4, 0.5) is 4.79 Å². The van der Waals surface area contributed by atoms with E-state index in [9.17, 15) is 4.79 Å². The van der Waals surface area contributed by atoms with Crippen molar-refractivity contribution in [1.82, 2.24) is 10.3 Å². The van der Waals surface area contributed by atoms with Crippen molar-refractivity contribution in [3.8, 4) is 0 Å². The summed E-state index contributed by atoms with van der Waals surface area (Å²) in [7, 11) is 7.21. The van der Waals surface area contributed by atoms with E-state index < -0.39 is 0 Å². The lowest BCUT2D eigenvalue weighted by Gasteiger charge is -2.18. The molecule has 1 N–H and O–H groups in total. The van der Waals surface area contributed by atoms with Crippen molar-refractivity contribution in [2.75, 3.05) is 7.05 Å². The third-order valence-corrected chi connectivity index (χ3v) is 2.74. The van der Waals surface area contributed by atoms with Crippen molar-refractivity contribution in [3.05, 3.63) is 36.0 Å². The number of nitrogens with zero attached hydrogens (tertiary/aromatic N) is 1. The van der Waals surface area contributed by atoms with Gasteiger partial charge in [-0.1, -0.05) is 30.6 Å². The summed E-state index contributed by atoms with van der Waals surface area (Å²) < 4.78 is 4.84.